The van der Waals surface area contributed by atoms with E-state index in [0.29, 0.717) is 17.4 Å². The highest BCUT2D eigenvalue weighted by Gasteiger charge is 2.16. The molecule has 0 bridgehead atoms. The van der Waals surface area contributed by atoms with Crippen LogP contribution < -0.4 is 0 Å². The molecule has 4 nitrogen and oxygen atoms in total. The molecule has 0 aliphatic heterocycles. The van der Waals surface area contributed by atoms with Crippen molar-refractivity contribution in [2.75, 3.05) is 0 Å². The second-order valence-corrected chi connectivity index (χ2v) is 6.43. The number of hydrogen-bond donors (Lipinski definition) is 1. The Morgan fingerprint density at radius 3 is 2.85 bits per heavy atom. The average molecular weight is 359 g/mol. The van der Waals surface area contributed by atoms with Crippen LogP contribution in [0.25, 0.3) is 0 Å². The molecule has 1 N–H and O–H groups in total. The molecular weight excluding hydrogens is 342 g/mol. The second-order valence-electron chi connectivity index (χ2n) is 5.14. The molecule has 0 saturated carbocycles. The van der Waals surface area contributed by atoms with Crippen molar-refractivity contribution in [2.24, 2.45) is 5.92 Å². The molecule has 0 fully saturated rings. The number of benzene rings is 1. The van der Waals surface area contributed by atoms with Gasteiger partial charge in [-0.15, -0.1) is 0 Å². The summed E-state index contributed by atoms with van der Waals surface area (Å²) in [7, 11) is 0. The van der Waals surface area contributed by atoms with Gasteiger partial charge in [0.1, 0.15) is 12.2 Å². The van der Waals surface area contributed by atoms with Gasteiger partial charge in [0, 0.05) is 22.5 Å². The van der Waals surface area contributed by atoms with Crippen molar-refractivity contribution in [3.63, 3.8) is 0 Å². The van der Waals surface area contributed by atoms with E-state index in [9.17, 15) is 5.11 Å². The highest BCUT2D eigenvalue weighted by atomic mass is 79.9. The fraction of sp³-hybridized carbons (Fsp3) is 0.429. The molecule has 1 aromatic heterocycles. The zero-order valence-corrected chi connectivity index (χ0v) is 13.8. The summed E-state index contributed by atoms with van der Waals surface area (Å²) in [5.41, 5.74) is 0.761. The lowest BCUT2D eigenvalue weighted by Crippen LogP contribution is -2.13. The van der Waals surface area contributed by atoms with Crippen LogP contribution in [0.2, 0.25) is 5.02 Å². The second kappa shape index (κ2) is 6.70. The van der Waals surface area contributed by atoms with Gasteiger partial charge < -0.3 is 5.11 Å². The normalized spacial score (nSPS) is 12.9. The van der Waals surface area contributed by atoms with Gasteiger partial charge in [-0.3, -0.25) is 0 Å². The van der Waals surface area contributed by atoms with Crippen molar-refractivity contribution >= 4 is 27.5 Å². The van der Waals surface area contributed by atoms with Gasteiger partial charge in [-0.25, -0.2) is 9.67 Å². The van der Waals surface area contributed by atoms with Crippen LogP contribution >= 0.6 is 27.5 Å². The Labute approximate surface area is 131 Å². The fourth-order valence-corrected chi connectivity index (χ4v) is 2.69. The molecule has 1 heterocycles. The quantitative estimate of drug-likeness (QED) is 0.888. The van der Waals surface area contributed by atoms with Crippen LogP contribution in [0.1, 0.15) is 31.3 Å². The molecular formula is C14H17BrClN3O. The standard InChI is InChI=1S/C14H17BrClN3O/c1-9(2)7-19-14(17-8-18-19)6-13(20)11-5-10(16)3-4-12(11)15/h3-5,8-9,13,20H,6-7H2,1-2H3. The van der Waals surface area contributed by atoms with Crippen molar-refractivity contribution in [1.82, 2.24) is 14.8 Å². The summed E-state index contributed by atoms with van der Waals surface area (Å²) >= 11 is 9.41. The van der Waals surface area contributed by atoms with E-state index in [1.165, 1.54) is 6.33 Å². The lowest BCUT2D eigenvalue weighted by molar-refractivity contribution is 0.172. The molecule has 108 valence electrons. The summed E-state index contributed by atoms with van der Waals surface area (Å²) in [5.74, 6) is 1.25. The van der Waals surface area contributed by atoms with Crippen LogP contribution in [0, 0.1) is 5.92 Å². The number of aliphatic hydroxyl groups excluding tert-OH is 1. The van der Waals surface area contributed by atoms with E-state index in [4.69, 9.17) is 11.6 Å². The number of nitrogens with zero attached hydrogens (tertiary/aromatic N) is 3. The van der Waals surface area contributed by atoms with Crippen LogP contribution in [0.3, 0.4) is 0 Å². The maximum atomic E-state index is 10.4. The third kappa shape index (κ3) is 3.81. The van der Waals surface area contributed by atoms with E-state index < -0.39 is 6.10 Å². The van der Waals surface area contributed by atoms with Gasteiger partial charge in [-0.05, 0) is 29.7 Å². The van der Waals surface area contributed by atoms with Crippen LogP contribution in [0.15, 0.2) is 29.0 Å². The third-order valence-electron chi connectivity index (χ3n) is 2.93. The molecule has 1 atom stereocenters. The molecule has 0 aliphatic carbocycles. The Hall–Kier alpha value is -0.910. The van der Waals surface area contributed by atoms with Crippen molar-refractivity contribution in [3.05, 3.63) is 45.4 Å². The first kappa shape index (κ1) is 15.5. The minimum Gasteiger partial charge on any atom is -0.388 e. The van der Waals surface area contributed by atoms with E-state index in [-0.39, 0.29) is 0 Å². The van der Waals surface area contributed by atoms with Crippen molar-refractivity contribution < 1.29 is 5.11 Å². The highest BCUT2D eigenvalue weighted by Crippen LogP contribution is 2.28. The van der Waals surface area contributed by atoms with Gasteiger partial charge in [-0.2, -0.15) is 5.10 Å². The molecule has 0 saturated heterocycles. The topological polar surface area (TPSA) is 50.9 Å². The summed E-state index contributed by atoms with van der Waals surface area (Å²) in [5, 5.41) is 15.2. The summed E-state index contributed by atoms with van der Waals surface area (Å²) in [6.07, 6.45) is 1.27. The zero-order chi connectivity index (χ0) is 14.7. The number of halogens is 2. The zero-order valence-electron chi connectivity index (χ0n) is 11.4. The van der Waals surface area contributed by atoms with E-state index in [2.05, 4.69) is 39.9 Å². The summed E-state index contributed by atoms with van der Waals surface area (Å²) in [6, 6.07) is 5.38. The van der Waals surface area contributed by atoms with Gasteiger partial charge in [-0.1, -0.05) is 41.4 Å². The van der Waals surface area contributed by atoms with Gasteiger partial charge in [0.15, 0.2) is 0 Å². The molecule has 20 heavy (non-hydrogen) atoms. The first-order chi connectivity index (χ1) is 9.47. The van der Waals surface area contributed by atoms with Gasteiger partial charge in [0.2, 0.25) is 0 Å². The molecule has 0 spiro atoms. The minimum atomic E-state index is -0.668. The first-order valence-electron chi connectivity index (χ1n) is 6.47. The Bertz CT molecular complexity index is 586. The van der Waals surface area contributed by atoms with E-state index in [1.807, 2.05) is 10.7 Å². The summed E-state index contributed by atoms with van der Waals surface area (Å²) in [4.78, 5) is 4.23. The average Bonchev–Trinajstić information content (AvgIpc) is 2.78. The number of rotatable bonds is 5. The third-order valence-corrected chi connectivity index (χ3v) is 3.88. The Morgan fingerprint density at radius 1 is 1.40 bits per heavy atom. The van der Waals surface area contributed by atoms with E-state index in [1.54, 1.807) is 12.1 Å². The van der Waals surface area contributed by atoms with Crippen LogP contribution in [0.4, 0.5) is 0 Å². The Morgan fingerprint density at radius 2 is 2.15 bits per heavy atom. The highest BCUT2D eigenvalue weighted by molar-refractivity contribution is 9.10. The largest absolute Gasteiger partial charge is 0.388 e. The molecule has 6 heteroatoms. The summed E-state index contributed by atoms with van der Waals surface area (Å²) in [6.45, 7) is 5.03. The molecule has 1 unspecified atom stereocenters. The van der Waals surface area contributed by atoms with E-state index in [0.717, 1.165) is 22.4 Å². The molecule has 2 aromatic rings. The molecule has 0 aliphatic rings. The molecule has 1 aromatic carbocycles. The number of aromatic nitrogens is 3. The lowest BCUT2D eigenvalue weighted by Gasteiger charge is -2.14. The molecule has 2 rings (SSSR count). The van der Waals surface area contributed by atoms with Crippen LogP contribution in [-0.2, 0) is 13.0 Å². The summed E-state index contributed by atoms with van der Waals surface area (Å²) < 4.78 is 2.68. The van der Waals surface area contributed by atoms with Crippen molar-refractivity contribution in [1.29, 1.82) is 0 Å². The van der Waals surface area contributed by atoms with Crippen molar-refractivity contribution in [2.45, 2.75) is 32.9 Å². The van der Waals surface area contributed by atoms with Gasteiger partial charge >= 0.3 is 0 Å². The first-order valence-corrected chi connectivity index (χ1v) is 7.64. The molecule has 0 radical (unpaired) electrons. The van der Waals surface area contributed by atoms with Gasteiger partial charge in [0.25, 0.3) is 0 Å². The SMILES string of the molecule is CC(C)Cn1ncnc1CC(O)c1cc(Cl)ccc1Br. The maximum absolute atomic E-state index is 10.4. The number of hydrogen-bond acceptors (Lipinski definition) is 3. The van der Waals surface area contributed by atoms with Gasteiger partial charge in [0.05, 0.1) is 6.10 Å². The van der Waals surface area contributed by atoms with Crippen LogP contribution in [-0.4, -0.2) is 19.9 Å². The Balaban J connectivity index is 2.17. The van der Waals surface area contributed by atoms with Crippen LogP contribution in [0.5, 0.6) is 0 Å². The lowest BCUT2D eigenvalue weighted by atomic mass is 10.1. The monoisotopic (exact) mass is 357 g/mol. The minimum absolute atomic E-state index is 0.408. The predicted octanol–water partition coefficient (Wildman–Crippen LogP) is 3.63. The smallest absolute Gasteiger partial charge is 0.138 e. The Kier molecular flexibility index (Phi) is 5.18. The predicted molar refractivity (Wildman–Crippen MR) is 82.7 cm³/mol. The number of aliphatic hydroxyl groups is 1. The fourth-order valence-electron chi connectivity index (χ4n) is 2.00. The maximum Gasteiger partial charge on any atom is 0.138 e. The van der Waals surface area contributed by atoms with E-state index >= 15 is 0 Å². The van der Waals surface area contributed by atoms with Crippen molar-refractivity contribution in [3.8, 4) is 0 Å². The molecule has 0 amide bonds.